The number of nitrogens with zero attached hydrogens (tertiary/aromatic N) is 3. The van der Waals surface area contributed by atoms with Crippen LogP contribution in [0.1, 0.15) is 33.6 Å². The molecule has 2 saturated heterocycles. The number of ether oxygens (including phenoxy) is 1. The first-order valence-corrected chi connectivity index (χ1v) is 9.31. The lowest BCUT2D eigenvalue weighted by atomic mass is 9.96. The van der Waals surface area contributed by atoms with E-state index < -0.39 is 0 Å². The van der Waals surface area contributed by atoms with Gasteiger partial charge in [-0.2, -0.15) is 0 Å². The monoisotopic (exact) mass is 325 g/mol. The van der Waals surface area contributed by atoms with Gasteiger partial charge in [0, 0.05) is 39.3 Å². The molecule has 0 radical (unpaired) electrons. The van der Waals surface area contributed by atoms with E-state index in [9.17, 15) is 4.79 Å². The van der Waals surface area contributed by atoms with Gasteiger partial charge in [-0.25, -0.2) is 0 Å². The molecule has 0 bridgehead atoms. The SMILES string of the molecule is CC(=O)CN1CCN(CC2CCN(CCOC(C)C)CC2)CC1. The largest absolute Gasteiger partial charge is 0.377 e. The maximum absolute atomic E-state index is 11.2. The van der Waals surface area contributed by atoms with Crippen molar-refractivity contribution in [3.8, 4) is 0 Å². The number of Topliss-reactive ketones (excluding diaryl/α,β-unsaturated/α-hetero) is 1. The Morgan fingerprint density at radius 2 is 1.61 bits per heavy atom. The van der Waals surface area contributed by atoms with Crippen molar-refractivity contribution in [3.05, 3.63) is 0 Å². The number of piperazine rings is 1. The molecule has 0 atom stereocenters. The Kier molecular flexibility index (Phi) is 7.96. The van der Waals surface area contributed by atoms with Gasteiger partial charge in [-0.1, -0.05) is 0 Å². The van der Waals surface area contributed by atoms with Crippen LogP contribution in [0.2, 0.25) is 0 Å². The second kappa shape index (κ2) is 9.72. The summed E-state index contributed by atoms with van der Waals surface area (Å²) in [6.45, 7) is 16.5. The number of hydrogen-bond donors (Lipinski definition) is 0. The lowest BCUT2D eigenvalue weighted by molar-refractivity contribution is -0.118. The Bertz CT molecular complexity index is 346. The summed E-state index contributed by atoms with van der Waals surface area (Å²) < 4.78 is 5.65. The molecule has 0 saturated carbocycles. The maximum atomic E-state index is 11.2. The standard InChI is InChI=1S/C18H35N3O2/c1-16(2)23-13-12-19-6-4-18(5-7-19)15-21-10-8-20(9-11-21)14-17(3)22/h16,18H,4-15H2,1-3H3. The first-order chi connectivity index (χ1) is 11.0. The van der Waals surface area contributed by atoms with E-state index in [0.717, 1.165) is 45.2 Å². The lowest BCUT2D eigenvalue weighted by Crippen LogP contribution is -2.49. The minimum atomic E-state index is 0.285. The highest BCUT2D eigenvalue weighted by molar-refractivity contribution is 5.77. The predicted molar refractivity (Wildman–Crippen MR) is 93.8 cm³/mol. The van der Waals surface area contributed by atoms with Crippen molar-refractivity contribution in [1.29, 1.82) is 0 Å². The van der Waals surface area contributed by atoms with Crippen LogP contribution in [0.5, 0.6) is 0 Å². The summed E-state index contributed by atoms with van der Waals surface area (Å²) in [5.74, 6) is 1.13. The quantitative estimate of drug-likeness (QED) is 0.673. The smallest absolute Gasteiger partial charge is 0.143 e. The molecular formula is C18H35N3O2. The van der Waals surface area contributed by atoms with E-state index in [-0.39, 0.29) is 5.78 Å². The van der Waals surface area contributed by atoms with Gasteiger partial charge in [0.05, 0.1) is 19.3 Å². The third kappa shape index (κ3) is 7.29. The third-order valence-corrected chi connectivity index (χ3v) is 4.99. The number of piperidine rings is 1. The number of carbonyl (C=O) groups is 1. The normalized spacial score (nSPS) is 22.8. The third-order valence-electron chi connectivity index (χ3n) is 4.99. The molecule has 5 heteroatoms. The topological polar surface area (TPSA) is 36.0 Å². The van der Waals surface area contributed by atoms with E-state index in [0.29, 0.717) is 12.6 Å². The molecule has 0 aliphatic carbocycles. The van der Waals surface area contributed by atoms with Crippen LogP contribution in [0.4, 0.5) is 0 Å². The fourth-order valence-electron chi connectivity index (χ4n) is 3.62. The highest BCUT2D eigenvalue weighted by Crippen LogP contribution is 2.19. The molecule has 5 nitrogen and oxygen atoms in total. The average molecular weight is 325 g/mol. The highest BCUT2D eigenvalue weighted by Gasteiger charge is 2.24. The molecule has 2 aliphatic rings. The summed E-state index contributed by atoms with van der Waals surface area (Å²) in [6.07, 6.45) is 2.97. The van der Waals surface area contributed by atoms with Crippen molar-refractivity contribution < 1.29 is 9.53 Å². The zero-order chi connectivity index (χ0) is 16.7. The molecule has 2 aliphatic heterocycles. The Morgan fingerprint density at radius 1 is 1.00 bits per heavy atom. The second-order valence-electron chi connectivity index (χ2n) is 7.48. The van der Waals surface area contributed by atoms with Gasteiger partial charge in [0.1, 0.15) is 5.78 Å². The van der Waals surface area contributed by atoms with Crippen LogP contribution in [-0.2, 0) is 9.53 Å². The second-order valence-corrected chi connectivity index (χ2v) is 7.48. The Labute approximate surface area is 141 Å². The number of hydrogen-bond acceptors (Lipinski definition) is 5. The van der Waals surface area contributed by atoms with E-state index in [1.807, 2.05) is 0 Å². The maximum Gasteiger partial charge on any atom is 0.143 e. The molecule has 2 heterocycles. The zero-order valence-electron chi connectivity index (χ0n) is 15.3. The van der Waals surface area contributed by atoms with Gasteiger partial charge in [0.2, 0.25) is 0 Å². The van der Waals surface area contributed by atoms with Gasteiger partial charge < -0.3 is 14.5 Å². The van der Waals surface area contributed by atoms with Gasteiger partial charge in [-0.3, -0.25) is 9.69 Å². The summed E-state index contributed by atoms with van der Waals surface area (Å²) in [5, 5.41) is 0. The number of likely N-dealkylation sites (tertiary alicyclic amines) is 1. The molecule has 0 amide bonds. The molecule has 134 valence electrons. The van der Waals surface area contributed by atoms with Crippen LogP contribution in [0.25, 0.3) is 0 Å². The van der Waals surface area contributed by atoms with E-state index in [2.05, 4.69) is 28.5 Å². The van der Waals surface area contributed by atoms with Crippen LogP contribution < -0.4 is 0 Å². The van der Waals surface area contributed by atoms with Crippen LogP contribution in [0.15, 0.2) is 0 Å². The summed E-state index contributed by atoms with van der Waals surface area (Å²) in [6, 6.07) is 0. The minimum absolute atomic E-state index is 0.285. The van der Waals surface area contributed by atoms with Gasteiger partial charge in [0.25, 0.3) is 0 Å². The first kappa shape index (κ1) is 18.8. The van der Waals surface area contributed by atoms with E-state index >= 15 is 0 Å². The Balaban J connectivity index is 1.57. The fourth-order valence-corrected chi connectivity index (χ4v) is 3.62. The van der Waals surface area contributed by atoms with Crippen molar-refractivity contribution >= 4 is 5.78 Å². The molecule has 0 aromatic heterocycles. The van der Waals surface area contributed by atoms with Crippen LogP contribution in [0.3, 0.4) is 0 Å². The van der Waals surface area contributed by atoms with Gasteiger partial charge >= 0.3 is 0 Å². The minimum Gasteiger partial charge on any atom is -0.377 e. The fraction of sp³-hybridized carbons (Fsp3) is 0.944. The molecule has 0 N–H and O–H groups in total. The van der Waals surface area contributed by atoms with Crippen molar-refractivity contribution in [2.24, 2.45) is 5.92 Å². The molecule has 23 heavy (non-hydrogen) atoms. The molecule has 2 fully saturated rings. The molecule has 0 aromatic carbocycles. The first-order valence-electron chi connectivity index (χ1n) is 9.31. The number of carbonyl (C=O) groups excluding carboxylic acids is 1. The van der Waals surface area contributed by atoms with Crippen molar-refractivity contribution in [1.82, 2.24) is 14.7 Å². The zero-order valence-corrected chi connectivity index (χ0v) is 15.3. The summed E-state index contributed by atoms with van der Waals surface area (Å²) in [4.78, 5) is 18.6. The van der Waals surface area contributed by atoms with E-state index in [1.54, 1.807) is 6.92 Å². The van der Waals surface area contributed by atoms with E-state index in [4.69, 9.17) is 4.74 Å². The van der Waals surface area contributed by atoms with Crippen molar-refractivity contribution in [2.45, 2.75) is 39.7 Å². The average Bonchev–Trinajstić information content (AvgIpc) is 2.50. The molecule has 0 aromatic rings. The summed E-state index contributed by atoms with van der Waals surface area (Å²) in [7, 11) is 0. The van der Waals surface area contributed by atoms with Crippen molar-refractivity contribution in [3.63, 3.8) is 0 Å². The molecule has 0 spiro atoms. The van der Waals surface area contributed by atoms with E-state index in [1.165, 1.54) is 32.5 Å². The predicted octanol–water partition coefficient (Wildman–Crippen LogP) is 1.33. The molecular weight excluding hydrogens is 290 g/mol. The van der Waals surface area contributed by atoms with Gasteiger partial charge in [0.15, 0.2) is 0 Å². The highest BCUT2D eigenvalue weighted by atomic mass is 16.5. The number of rotatable bonds is 8. The van der Waals surface area contributed by atoms with Crippen LogP contribution in [0, 0.1) is 5.92 Å². The Hall–Kier alpha value is -0.490. The molecule has 2 rings (SSSR count). The summed E-state index contributed by atoms with van der Waals surface area (Å²) >= 11 is 0. The molecule has 0 unspecified atom stereocenters. The van der Waals surface area contributed by atoms with Crippen LogP contribution >= 0.6 is 0 Å². The van der Waals surface area contributed by atoms with Gasteiger partial charge in [-0.05, 0) is 52.6 Å². The van der Waals surface area contributed by atoms with Crippen molar-refractivity contribution in [2.75, 3.05) is 65.5 Å². The lowest BCUT2D eigenvalue weighted by Gasteiger charge is -2.38. The van der Waals surface area contributed by atoms with Crippen LogP contribution in [-0.4, -0.2) is 92.1 Å². The summed E-state index contributed by atoms with van der Waals surface area (Å²) in [5.41, 5.74) is 0. The number of ketones is 1. The Morgan fingerprint density at radius 3 is 2.17 bits per heavy atom. The van der Waals surface area contributed by atoms with Gasteiger partial charge in [-0.15, -0.1) is 0 Å².